The molecule has 0 unspecified atom stereocenters. The van der Waals surface area contributed by atoms with Crippen LogP contribution in [0.1, 0.15) is 24.1 Å². The Morgan fingerprint density at radius 2 is 2.24 bits per heavy atom. The lowest BCUT2D eigenvalue weighted by atomic mass is 10.1. The summed E-state index contributed by atoms with van der Waals surface area (Å²) in [5, 5.41) is 21.9. The summed E-state index contributed by atoms with van der Waals surface area (Å²) < 4.78 is 7.71. The number of nitro groups is 1. The molecule has 2 heterocycles. The molecular weight excluding hydrogens is 342 g/mol. The number of aryl methyl sites for hydroxylation is 2. The highest BCUT2D eigenvalue weighted by Gasteiger charge is 2.12. The molecule has 3 aromatic rings. The summed E-state index contributed by atoms with van der Waals surface area (Å²) in [6.07, 6.45) is 2.24. The maximum absolute atomic E-state index is 10.8. The molecule has 0 bridgehead atoms. The summed E-state index contributed by atoms with van der Waals surface area (Å²) in [6, 6.07) is 8.22. The van der Waals surface area contributed by atoms with Crippen molar-refractivity contribution >= 4 is 24.1 Å². The van der Waals surface area contributed by atoms with Gasteiger partial charge in [0.25, 0.3) is 5.69 Å². The molecule has 25 heavy (non-hydrogen) atoms. The Labute approximate surface area is 148 Å². The molecule has 3 rings (SSSR count). The summed E-state index contributed by atoms with van der Waals surface area (Å²) in [5.41, 5.74) is 1.60. The van der Waals surface area contributed by atoms with Crippen molar-refractivity contribution in [2.24, 2.45) is 5.10 Å². The van der Waals surface area contributed by atoms with E-state index in [0.29, 0.717) is 22.7 Å². The summed E-state index contributed by atoms with van der Waals surface area (Å²) in [7, 11) is 0. The van der Waals surface area contributed by atoms with E-state index in [-0.39, 0.29) is 5.69 Å². The van der Waals surface area contributed by atoms with Crippen LogP contribution in [0.15, 0.2) is 39.9 Å². The first kappa shape index (κ1) is 16.8. The highest BCUT2D eigenvalue weighted by molar-refractivity contribution is 7.71. The van der Waals surface area contributed by atoms with E-state index < -0.39 is 4.92 Å². The van der Waals surface area contributed by atoms with Gasteiger partial charge in [0.15, 0.2) is 5.82 Å². The van der Waals surface area contributed by atoms with Crippen LogP contribution < -0.4 is 0 Å². The summed E-state index contributed by atoms with van der Waals surface area (Å²) in [6.45, 7) is 3.76. The number of hydrogen-bond donors (Lipinski definition) is 1. The van der Waals surface area contributed by atoms with E-state index in [0.717, 1.165) is 17.0 Å². The minimum Gasteiger partial charge on any atom is -0.455 e. The van der Waals surface area contributed by atoms with Gasteiger partial charge < -0.3 is 4.42 Å². The maximum Gasteiger partial charge on any atom is 0.269 e. The predicted molar refractivity (Wildman–Crippen MR) is 95.3 cm³/mol. The second-order valence-electron chi connectivity index (χ2n) is 5.31. The molecule has 0 fully saturated rings. The number of benzene rings is 1. The number of nitrogens with zero attached hydrogens (tertiary/aromatic N) is 4. The van der Waals surface area contributed by atoms with Crippen LogP contribution in [0.2, 0.25) is 0 Å². The number of furan rings is 1. The van der Waals surface area contributed by atoms with Crippen molar-refractivity contribution < 1.29 is 9.34 Å². The van der Waals surface area contributed by atoms with Gasteiger partial charge in [-0.2, -0.15) is 14.9 Å². The van der Waals surface area contributed by atoms with Crippen molar-refractivity contribution in [1.82, 2.24) is 14.9 Å². The molecule has 0 radical (unpaired) electrons. The van der Waals surface area contributed by atoms with Crippen molar-refractivity contribution in [3.8, 4) is 11.3 Å². The molecule has 1 N–H and O–H groups in total. The SMILES string of the molecule is CCc1n[nH]c(=S)n1/N=C\c1ccc(-c2ccc([N+](=O)[O-])cc2C)o1. The van der Waals surface area contributed by atoms with E-state index in [1.54, 1.807) is 31.3 Å². The summed E-state index contributed by atoms with van der Waals surface area (Å²) >= 11 is 5.13. The normalized spacial score (nSPS) is 11.3. The minimum absolute atomic E-state index is 0.0519. The first-order chi connectivity index (χ1) is 12.0. The van der Waals surface area contributed by atoms with Crippen LogP contribution in [0.5, 0.6) is 0 Å². The lowest BCUT2D eigenvalue weighted by Gasteiger charge is -2.02. The summed E-state index contributed by atoms with van der Waals surface area (Å²) in [4.78, 5) is 10.4. The number of aromatic nitrogens is 3. The Balaban J connectivity index is 1.88. The van der Waals surface area contributed by atoms with Gasteiger partial charge in [0.05, 0.1) is 11.1 Å². The average Bonchev–Trinajstić information content (AvgIpc) is 3.19. The highest BCUT2D eigenvalue weighted by Crippen LogP contribution is 2.28. The van der Waals surface area contributed by atoms with Crippen molar-refractivity contribution in [2.45, 2.75) is 20.3 Å². The van der Waals surface area contributed by atoms with Gasteiger partial charge in [0, 0.05) is 24.1 Å². The molecule has 0 saturated carbocycles. The fraction of sp³-hybridized carbons (Fsp3) is 0.188. The zero-order valence-electron chi connectivity index (χ0n) is 13.6. The number of nitro benzene ring substituents is 1. The summed E-state index contributed by atoms with van der Waals surface area (Å²) in [5.74, 6) is 1.87. The first-order valence-electron chi connectivity index (χ1n) is 7.55. The van der Waals surface area contributed by atoms with Gasteiger partial charge in [-0.1, -0.05) is 6.92 Å². The Morgan fingerprint density at radius 3 is 2.92 bits per heavy atom. The van der Waals surface area contributed by atoms with Gasteiger partial charge in [0.2, 0.25) is 4.77 Å². The van der Waals surface area contributed by atoms with E-state index >= 15 is 0 Å². The van der Waals surface area contributed by atoms with Crippen molar-refractivity contribution in [3.05, 3.63) is 62.4 Å². The zero-order chi connectivity index (χ0) is 18.0. The quantitative estimate of drug-likeness (QED) is 0.323. The van der Waals surface area contributed by atoms with Gasteiger partial charge in [-0.15, -0.1) is 0 Å². The molecule has 0 aliphatic carbocycles. The Morgan fingerprint density at radius 1 is 1.44 bits per heavy atom. The van der Waals surface area contributed by atoms with Crippen LogP contribution in [0.25, 0.3) is 11.3 Å². The molecule has 0 atom stereocenters. The second kappa shape index (κ2) is 6.81. The second-order valence-corrected chi connectivity index (χ2v) is 5.70. The third-order valence-corrected chi connectivity index (χ3v) is 3.91. The largest absolute Gasteiger partial charge is 0.455 e. The standard InChI is InChI=1S/C16H15N5O3S/c1-3-15-18-19-16(25)20(15)17-9-12-5-7-14(24-12)13-6-4-11(21(22)23)8-10(13)2/h4-9H,3H2,1-2H3,(H,19,25)/b17-9-. The third-order valence-electron chi connectivity index (χ3n) is 3.65. The fourth-order valence-corrected chi connectivity index (χ4v) is 2.59. The van der Waals surface area contributed by atoms with Gasteiger partial charge in [-0.3, -0.25) is 15.2 Å². The van der Waals surface area contributed by atoms with E-state index in [1.807, 2.05) is 6.92 Å². The molecular formula is C16H15N5O3S. The van der Waals surface area contributed by atoms with Gasteiger partial charge in [-0.05, 0) is 42.9 Å². The molecule has 9 heteroatoms. The lowest BCUT2D eigenvalue weighted by molar-refractivity contribution is -0.384. The topological polar surface area (TPSA) is 102 Å². The van der Waals surface area contributed by atoms with Crippen LogP contribution in [-0.4, -0.2) is 26.0 Å². The molecule has 0 amide bonds. The fourth-order valence-electron chi connectivity index (χ4n) is 2.39. The number of nitrogens with one attached hydrogen (secondary N) is 1. The van der Waals surface area contributed by atoms with Gasteiger partial charge >= 0.3 is 0 Å². The molecule has 0 aliphatic rings. The van der Waals surface area contributed by atoms with Crippen LogP contribution in [-0.2, 0) is 6.42 Å². The predicted octanol–water partition coefficient (Wildman–Crippen LogP) is 3.86. The lowest BCUT2D eigenvalue weighted by Crippen LogP contribution is -1.96. The Kier molecular flexibility index (Phi) is 4.57. The average molecular weight is 357 g/mol. The zero-order valence-corrected chi connectivity index (χ0v) is 14.4. The highest BCUT2D eigenvalue weighted by atomic mass is 32.1. The molecule has 0 spiro atoms. The molecule has 0 saturated heterocycles. The number of H-pyrrole nitrogens is 1. The Hall–Kier alpha value is -3.07. The monoisotopic (exact) mass is 357 g/mol. The van der Waals surface area contributed by atoms with Gasteiger partial charge in [-0.25, -0.2) is 0 Å². The smallest absolute Gasteiger partial charge is 0.269 e. The van der Waals surface area contributed by atoms with E-state index in [4.69, 9.17) is 16.6 Å². The van der Waals surface area contributed by atoms with E-state index in [9.17, 15) is 10.1 Å². The number of aromatic amines is 1. The van der Waals surface area contributed by atoms with Crippen LogP contribution >= 0.6 is 12.2 Å². The third kappa shape index (κ3) is 3.41. The first-order valence-corrected chi connectivity index (χ1v) is 7.96. The van der Waals surface area contributed by atoms with Crippen molar-refractivity contribution in [3.63, 3.8) is 0 Å². The maximum atomic E-state index is 10.8. The molecule has 8 nitrogen and oxygen atoms in total. The minimum atomic E-state index is -0.420. The van der Waals surface area contributed by atoms with E-state index in [1.165, 1.54) is 16.8 Å². The van der Waals surface area contributed by atoms with Crippen molar-refractivity contribution in [1.29, 1.82) is 0 Å². The molecule has 1 aromatic carbocycles. The number of non-ortho nitro benzene ring substituents is 1. The van der Waals surface area contributed by atoms with Crippen molar-refractivity contribution in [2.75, 3.05) is 0 Å². The molecule has 2 aromatic heterocycles. The van der Waals surface area contributed by atoms with Crippen LogP contribution in [0.4, 0.5) is 5.69 Å². The van der Waals surface area contributed by atoms with Crippen LogP contribution in [0, 0.1) is 21.8 Å². The van der Waals surface area contributed by atoms with Gasteiger partial charge in [0.1, 0.15) is 11.5 Å². The van der Waals surface area contributed by atoms with Crippen LogP contribution in [0.3, 0.4) is 0 Å². The number of rotatable bonds is 5. The molecule has 0 aliphatic heterocycles. The molecule has 128 valence electrons. The Bertz CT molecular complexity index is 1010. The number of hydrogen-bond acceptors (Lipinski definition) is 6. The van der Waals surface area contributed by atoms with E-state index in [2.05, 4.69) is 15.3 Å².